The fourth-order valence-electron chi connectivity index (χ4n) is 2.07. The molecule has 0 atom stereocenters. The lowest BCUT2D eigenvalue weighted by Crippen LogP contribution is -2.34. The van der Waals surface area contributed by atoms with Crippen LogP contribution in [-0.2, 0) is 4.79 Å². The second-order valence-corrected chi connectivity index (χ2v) is 5.03. The van der Waals surface area contributed by atoms with Gasteiger partial charge in [-0.15, -0.1) is 0 Å². The van der Waals surface area contributed by atoms with Gasteiger partial charge in [-0.3, -0.25) is 19.6 Å². The van der Waals surface area contributed by atoms with E-state index in [2.05, 4.69) is 15.3 Å². The van der Waals surface area contributed by atoms with Gasteiger partial charge in [-0.25, -0.2) is 0 Å². The molecule has 0 aliphatic heterocycles. The Morgan fingerprint density at radius 3 is 2.55 bits per heavy atom. The Labute approximate surface area is 114 Å². The van der Waals surface area contributed by atoms with E-state index in [0.29, 0.717) is 29.4 Å². The first kappa shape index (κ1) is 12.5. The maximum absolute atomic E-state index is 12.0. The van der Waals surface area contributed by atoms with Crippen LogP contribution in [0.4, 0.5) is 0 Å². The zero-order valence-electron chi connectivity index (χ0n) is 10.7. The van der Waals surface area contributed by atoms with Gasteiger partial charge in [0.15, 0.2) is 0 Å². The summed E-state index contributed by atoms with van der Waals surface area (Å²) in [6.07, 6.45) is 4.39. The summed E-state index contributed by atoms with van der Waals surface area (Å²) in [5.74, 6) is -1.13. The second-order valence-electron chi connectivity index (χ2n) is 5.03. The zero-order chi connectivity index (χ0) is 14.2. The molecule has 1 aliphatic rings. The molecular weight excluding hydrogens is 258 g/mol. The average molecular weight is 271 g/mol. The number of nitrogens with one attached hydrogen (secondary N) is 1. The quantitative estimate of drug-likeness (QED) is 0.872. The Bertz CT molecular complexity index is 695. The van der Waals surface area contributed by atoms with Crippen LogP contribution in [-0.4, -0.2) is 33.5 Å². The molecule has 3 rings (SSSR count). The third kappa shape index (κ3) is 2.20. The van der Waals surface area contributed by atoms with Crippen LogP contribution in [0.3, 0.4) is 0 Å². The van der Waals surface area contributed by atoms with Crippen molar-refractivity contribution in [3.63, 3.8) is 0 Å². The van der Waals surface area contributed by atoms with E-state index in [-0.39, 0.29) is 12.5 Å². The Morgan fingerprint density at radius 2 is 1.90 bits per heavy atom. The summed E-state index contributed by atoms with van der Waals surface area (Å²) < 4.78 is 0. The highest BCUT2D eigenvalue weighted by atomic mass is 16.4. The molecule has 20 heavy (non-hydrogen) atoms. The summed E-state index contributed by atoms with van der Waals surface area (Å²) >= 11 is 0. The molecule has 2 aromatic rings. The summed E-state index contributed by atoms with van der Waals surface area (Å²) in [5.41, 5.74) is 1.05. The first-order valence-corrected chi connectivity index (χ1v) is 6.33. The van der Waals surface area contributed by atoms with E-state index in [4.69, 9.17) is 5.11 Å². The number of aromatic nitrogens is 2. The Balaban J connectivity index is 1.74. The molecule has 1 aromatic heterocycles. The lowest BCUT2D eigenvalue weighted by molar-refractivity contribution is -0.143. The molecule has 102 valence electrons. The Kier molecular flexibility index (Phi) is 2.85. The van der Waals surface area contributed by atoms with E-state index in [9.17, 15) is 9.59 Å². The first-order chi connectivity index (χ1) is 9.61. The fraction of sp³-hybridized carbons (Fsp3) is 0.286. The van der Waals surface area contributed by atoms with Crippen molar-refractivity contribution < 1.29 is 14.7 Å². The number of hydrogen-bond donors (Lipinski definition) is 2. The van der Waals surface area contributed by atoms with E-state index < -0.39 is 11.4 Å². The van der Waals surface area contributed by atoms with E-state index in [1.54, 1.807) is 30.6 Å². The number of aliphatic carboxylic acids is 1. The maximum atomic E-state index is 12.0. The normalized spacial score (nSPS) is 15.8. The standard InChI is InChI=1S/C14H13N3O3/c18-12(17-8-14(3-4-14)13(19)20)9-1-2-10-11(7-9)16-6-5-15-10/h1-2,5-7H,3-4,8H2,(H,17,18)(H,19,20). The third-order valence-corrected chi connectivity index (χ3v) is 3.63. The predicted octanol–water partition coefficient (Wildman–Crippen LogP) is 1.22. The molecule has 1 saturated carbocycles. The molecule has 1 amide bonds. The highest BCUT2D eigenvalue weighted by Gasteiger charge is 2.50. The first-order valence-electron chi connectivity index (χ1n) is 6.33. The van der Waals surface area contributed by atoms with Gasteiger partial charge in [0, 0.05) is 24.5 Å². The smallest absolute Gasteiger partial charge is 0.311 e. The highest BCUT2D eigenvalue weighted by molar-refractivity contribution is 5.97. The number of carbonyl (C=O) groups is 2. The number of hydrogen-bond acceptors (Lipinski definition) is 4. The van der Waals surface area contributed by atoms with Crippen molar-refractivity contribution >= 4 is 22.9 Å². The molecule has 6 heteroatoms. The van der Waals surface area contributed by atoms with Crippen molar-refractivity contribution in [3.05, 3.63) is 36.2 Å². The minimum Gasteiger partial charge on any atom is -0.481 e. The second kappa shape index (κ2) is 4.56. The van der Waals surface area contributed by atoms with Gasteiger partial charge in [-0.05, 0) is 31.0 Å². The summed E-state index contributed by atoms with van der Waals surface area (Å²) in [6, 6.07) is 5.03. The lowest BCUT2D eigenvalue weighted by atomic mass is 10.1. The van der Waals surface area contributed by atoms with Gasteiger partial charge >= 0.3 is 5.97 Å². The Morgan fingerprint density at radius 1 is 1.20 bits per heavy atom. The number of amides is 1. The van der Waals surface area contributed by atoms with E-state index >= 15 is 0 Å². The Hall–Kier alpha value is -2.50. The molecule has 0 saturated heterocycles. The maximum Gasteiger partial charge on any atom is 0.311 e. The highest BCUT2D eigenvalue weighted by Crippen LogP contribution is 2.45. The summed E-state index contributed by atoms with van der Waals surface area (Å²) in [7, 11) is 0. The topological polar surface area (TPSA) is 92.2 Å². The molecule has 0 spiro atoms. The number of carboxylic acids is 1. The SMILES string of the molecule is O=C(NCC1(C(=O)O)CC1)c1ccc2nccnc2c1. The number of carbonyl (C=O) groups excluding carboxylic acids is 1. The fourth-order valence-corrected chi connectivity index (χ4v) is 2.07. The van der Waals surface area contributed by atoms with Gasteiger partial charge in [0.25, 0.3) is 5.91 Å². The number of fused-ring (bicyclic) bond motifs is 1. The number of carboxylic acid groups (broad SMARTS) is 1. The van der Waals surface area contributed by atoms with Crippen LogP contribution in [0.2, 0.25) is 0 Å². The van der Waals surface area contributed by atoms with Crippen molar-refractivity contribution in [1.29, 1.82) is 0 Å². The number of benzene rings is 1. The van der Waals surface area contributed by atoms with E-state index in [0.717, 1.165) is 0 Å². The van der Waals surface area contributed by atoms with Crippen molar-refractivity contribution in [2.75, 3.05) is 6.54 Å². The van der Waals surface area contributed by atoms with Crippen molar-refractivity contribution in [2.24, 2.45) is 5.41 Å². The average Bonchev–Trinajstić information content (AvgIpc) is 3.25. The largest absolute Gasteiger partial charge is 0.481 e. The van der Waals surface area contributed by atoms with Crippen molar-refractivity contribution in [1.82, 2.24) is 15.3 Å². The van der Waals surface area contributed by atoms with Crippen LogP contribution < -0.4 is 5.32 Å². The zero-order valence-corrected chi connectivity index (χ0v) is 10.7. The van der Waals surface area contributed by atoms with Gasteiger partial charge in [0.1, 0.15) is 0 Å². The van der Waals surface area contributed by atoms with Crippen molar-refractivity contribution in [2.45, 2.75) is 12.8 Å². The molecule has 0 bridgehead atoms. The van der Waals surface area contributed by atoms with Crippen LogP contribution in [0, 0.1) is 5.41 Å². The molecule has 6 nitrogen and oxygen atoms in total. The van der Waals surface area contributed by atoms with E-state index in [1.807, 2.05) is 0 Å². The van der Waals surface area contributed by atoms with Crippen LogP contribution >= 0.6 is 0 Å². The molecule has 0 unspecified atom stereocenters. The molecule has 1 heterocycles. The molecule has 1 aromatic carbocycles. The predicted molar refractivity (Wildman–Crippen MR) is 71.2 cm³/mol. The lowest BCUT2D eigenvalue weighted by Gasteiger charge is -2.11. The van der Waals surface area contributed by atoms with Gasteiger partial charge < -0.3 is 10.4 Å². The molecule has 0 radical (unpaired) electrons. The summed E-state index contributed by atoms with van der Waals surface area (Å²) in [5, 5.41) is 11.7. The monoisotopic (exact) mass is 271 g/mol. The van der Waals surface area contributed by atoms with E-state index in [1.165, 1.54) is 0 Å². The third-order valence-electron chi connectivity index (χ3n) is 3.63. The minimum absolute atomic E-state index is 0.166. The number of nitrogens with zero attached hydrogens (tertiary/aromatic N) is 2. The van der Waals surface area contributed by atoms with Crippen LogP contribution in [0.1, 0.15) is 23.2 Å². The number of rotatable bonds is 4. The minimum atomic E-state index is -0.845. The van der Waals surface area contributed by atoms with Gasteiger partial charge in [0.05, 0.1) is 16.4 Å². The molecular formula is C14H13N3O3. The van der Waals surface area contributed by atoms with Gasteiger partial charge in [-0.2, -0.15) is 0 Å². The van der Waals surface area contributed by atoms with Crippen LogP contribution in [0.25, 0.3) is 11.0 Å². The van der Waals surface area contributed by atoms with Crippen molar-refractivity contribution in [3.8, 4) is 0 Å². The van der Waals surface area contributed by atoms with Crippen LogP contribution in [0.15, 0.2) is 30.6 Å². The molecule has 1 fully saturated rings. The molecule has 2 N–H and O–H groups in total. The summed E-state index contributed by atoms with van der Waals surface area (Å²) in [6.45, 7) is 0.166. The van der Waals surface area contributed by atoms with Gasteiger partial charge in [-0.1, -0.05) is 0 Å². The molecule has 1 aliphatic carbocycles. The summed E-state index contributed by atoms with van der Waals surface area (Å²) in [4.78, 5) is 31.3. The van der Waals surface area contributed by atoms with Crippen LogP contribution in [0.5, 0.6) is 0 Å². The van der Waals surface area contributed by atoms with Gasteiger partial charge in [0.2, 0.25) is 0 Å².